The molecule has 112 valence electrons. The minimum Gasteiger partial charge on any atom is -0.341 e. The molecule has 1 fully saturated rings. The molecule has 0 saturated carbocycles. The van der Waals surface area contributed by atoms with Gasteiger partial charge in [0, 0.05) is 25.5 Å². The molecule has 5 nitrogen and oxygen atoms in total. The van der Waals surface area contributed by atoms with E-state index >= 15 is 0 Å². The van der Waals surface area contributed by atoms with E-state index < -0.39 is 5.54 Å². The topological polar surface area (TPSA) is 50.2 Å². The number of hydrogen-bond acceptors (Lipinski definition) is 3. The van der Waals surface area contributed by atoms with Crippen LogP contribution < -0.4 is 5.32 Å². The molecule has 1 aromatic heterocycles. The van der Waals surface area contributed by atoms with Crippen molar-refractivity contribution in [2.75, 3.05) is 26.2 Å². The third-order valence-corrected chi connectivity index (χ3v) is 4.03. The third-order valence-electron chi connectivity index (χ3n) is 4.03. The summed E-state index contributed by atoms with van der Waals surface area (Å²) < 4.78 is 1.87. The summed E-state index contributed by atoms with van der Waals surface area (Å²) in [6.07, 6.45) is 5.30. The highest BCUT2D eigenvalue weighted by Gasteiger charge is 2.44. The van der Waals surface area contributed by atoms with Gasteiger partial charge in [0.15, 0.2) is 0 Å². The molecule has 0 spiro atoms. The first-order chi connectivity index (χ1) is 9.60. The van der Waals surface area contributed by atoms with Gasteiger partial charge in [-0.05, 0) is 44.8 Å². The lowest BCUT2D eigenvalue weighted by atomic mass is 9.86. The highest BCUT2D eigenvalue weighted by molar-refractivity contribution is 5.84. The van der Waals surface area contributed by atoms with Crippen LogP contribution in [-0.4, -0.2) is 46.8 Å². The van der Waals surface area contributed by atoms with Crippen LogP contribution >= 0.6 is 0 Å². The highest BCUT2D eigenvalue weighted by atomic mass is 16.2. The largest absolute Gasteiger partial charge is 0.341 e. The second kappa shape index (κ2) is 6.39. The van der Waals surface area contributed by atoms with Gasteiger partial charge in [-0.3, -0.25) is 9.48 Å². The van der Waals surface area contributed by atoms with E-state index in [-0.39, 0.29) is 5.91 Å². The molecule has 0 unspecified atom stereocenters. The van der Waals surface area contributed by atoms with Gasteiger partial charge in [-0.25, -0.2) is 0 Å². The number of rotatable bonds is 5. The number of amides is 1. The molecule has 0 atom stereocenters. The van der Waals surface area contributed by atoms with E-state index in [1.165, 1.54) is 0 Å². The fourth-order valence-electron chi connectivity index (χ4n) is 2.99. The lowest BCUT2D eigenvalue weighted by Crippen LogP contribution is -2.56. The molecule has 5 heteroatoms. The fourth-order valence-corrected chi connectivity index (χ4v) is 2.99. The maximum absolute atomic E-state index is 13.1. The van der Waals surface area contributed by atoms with Crippen LogP contribution in [0.1, 0.15) is 33.6 Å². The maximum Gasteiger partial charge on any atom is 0.250 e. The Bertz CT molecular complexity index is 421. The van der Waals surface area contributed by atoms with Crippen molar-refractivity contribution in [3.8, 4) is 0 Å². The molecule has 20 heavy (non-hydrogen) atoms. The van der Waals surface area contributed by atoms with E-state index in [0.29, 0.717) is 5.92 Å². The Morgan fingerprint density at radius 1 is 1.45 bits per heavy atom. The van der Waals surface area contributed by atoms with Crippen LogP contribution in [0.2, 0.25) is 0 Å². The minimum absolute atomic E-state index is 0.221. The number of piperidine rings is 1. The van der Waals surface area contributed by atoms with Crippen molar-refractivity contribution in [2.24, 2.45) is 5.92 Å². The van der Waals surface area contributed by atoms with E-state index in [1.54, 1.807) is 6.20 Å². The monoisotopic (exact) mass is 278 g/mol. The molecular weight excluding hydrogens is 252 g/mol. The van der Waals surface area contributed by atoms with Crippen LogP contribution in [0.5, 0.6) is 0 Å². The van der Waals surface area contributed by atoms with Crippen LogP contribution in [0.3, 0.4) is 0 Å². The number of carbonyl (C=O) groups is 1. The van der Waals surface area contributed by atoms with Crippen molar-refractivity contribution in [2.45, 2.75) is 39.2 Å². The Hall–Kier alpha value is -1.36. The third kappa shape index (κ3) is 2.87. The molecule has 1 N–H and O–H groups in total. The summed E-state index contributed by atoms with van der Waals surface area (Å²) in [5, 5.41) is 7.71. The van der Waals surface area contributed by atoms with Crippen LogP contribution in [0, 0.1) is 5.92 Å². The Labute approximate surface area is 121 Å². The predicted octanol–water partition coefficient (Wildman–Crippen LogP) is 1.47. The van der Waals surface area contributed by atoms with Gasteiger partial charge in [-0.1, -0.05) is 13.8 Å². The molecule has 1 amide bonds. The van der Waals surface area contributed by atoms with Crippen LogP contribution in [-0.2, 0) is 10.3 Å². The Kier molecular flexibility index (Phi) is 4.81. The predicted molar refractivity (Wildman–Crippen MR) is 79.4 cm³/mol. The van der Waals surface area contributed by atoms with Gasteiger partial charge in [0.2, 0.25) is 0 Å². The molecule has 2 rings (SSSR count). The first-order valence-corrected chi connectivity index (χ1v) is 7.60. The average Bonchev–Trinajstić information content (AvgIpc) is 2.99. The number of aromatic nitrogens is 2. The smallest absolute Gasteiger partial charge is 0.250 e. The second-order valence-electron chi connectivity index (χ2n) is 5.97. The molecule has 0 aromatic carbocycles. The molecule has 1 saturated heterocycles. The minimum atomic E-state index is -0.500. The first kappa shape index (κ1) is 15.0. The van der Waals surface area contributed by atoms with E-state index in [4.69, 9.17) is 0 Å². The van der Waals surface area contributed by atoms with E-state index in [9.17, 15) is 4.79 Å². The van der Waals surface area contributed by atoms with Gasteiger partial charge in [-0.2, -0.15) is 5.10 Å². The van der Waals surface area contributed by atoms with Crippen molar-refractivity contribution in [3.05, 3.63) is 18.5 Å². The van der Waals surface area contributed by atoms with Crippen LogP contribution in [0.25, 0.3) is 0 Å². The highest BCUT2D eigenvalue weighted by Crippen LogP contribution is 2.29. The summed E-state index contributed by atoms with van der Waals surface area (Å²) in [6, 6.07) is 1.90. The number of nitrogens with one attached hydrogen (secondary N) is 1. The number of nitrogens with zero attached hydrogens (tertiary/aromatic N) is 3. The summed E-state index contributed by atoms with van der Waals surface area (Å²) in [6.45, 7) is 9.66. The molecule has 1 aliphatic rings. The normalized spacial score (nSPS) is 18.2. The fraction of sp³-hybridized carbons (Fsp3) is 0.733. The molecule has 0 radical (unpaired) electrons. The van der Waals surface area contributed by atoms with E-state index in [2.05, 4.69) is 31.2 Å². The van der Waals surface area contributed by atoms with Crippen molar-refractivity contribution in [1.82, 2.24) is 20.0 Å². The van der Waals surface area contributed by atoms with Gasteiger partial charge in [0.25, 0.3) is 5.91 Å². The Morgan fingerprint density at radius 3 is 2.65 bits per heavy atom. The lowest BCUT2D eigenvalue weighted by Gasteiger charge is -2.40. The van der Waals surface area contributed by atoms with Gasteiger partial charge in [-0.15, -0.1) is 0 Å². The van der Waals surface area contributed by atoms with Crippen molar-refractivity contribution in [1.29, 1.82) is 0 Å². The Morgan fingerprint density at radius 2 is 2.15 bits per heavy atom. The Balaban J connectivity index is 2.28. The first-order valence-electron chi connectivity index (χ1n) is 7.60. The zero-order valence-corrected chi connectivity index (χ0v) is 12.8. The van der Waals surface area contributed by atoms with Crippen molar-refractivity contribution >= 4 is 5.91 Å². The van der Waals surface area contributed by atoms with Crippen molar-refractivity contribution in [3.63, 3.8) is 0 Å². The maximum atomic E-state index is 13.1. The number of hydrogen-bond donors (Lipinski definition) is 1. The second-order valence-corrected chi connectivity index (χ2v) is 5.97. The summed E-state index contributed by atoms with van der Waals surface area (Å²) in [4.78, 5) is 15.1. The summed E-state index contributed by atoms with van der Waals surface area (Å²) in [5.41, 5.74) is -0.500. The van der Waals surface area contributed by atoms with Gasteiger partial charge < -0.3 is 10.2 Å². The average molecular weight is 278 g/mol. The van der Waals surface area contributed by atoms with Crippen LogP contribution in [0.4, 0.5) is 0 Å². The number of carbonyl (C=O) groups excluding carboxylic acids is 1. The van der Waals surface area contributed by atoms with Gasteiger partial charge in [0.05, 0.1) is 0 Å². The van der Waals surface area contributed by atoms with Crippen molar-refractivity contribution < 1.29 is 4.79 Å². The molecule has 1 aromatic rings. The molecule has 2 heterocycles. The lowest BCUT2D eigenvalue weighted by molar-refractivity contribution is -0.143. The van der Waals surface area contributed by atoms with Gasteiger partial charge >= 0.3 is 0 Å². The standard InChI is InChI=1S/C15H26N4O/c1-4-18(12-13(2)3)14(20)15(6-9-16-10-7-15)19-11-5-8-17-19/h5,8,11,13,16H,4,6-7,9-10,12H2,1-3H3. The zero-order valence-electron chi connectivity index (χ0n) is 12.8. The van der Waals surface area contributed by atoms with E-state index in [0.717, 1.165) is 39.0 Å². The zero-order chi connectivity index (χ0) is 14.6. The van der Waals surface area contributed by atoms with Gasteiger partial charge in [0.1, 0.15) is 5.54 Å². The van der Waals surface area contributed by atoms with Crippen LogP contribution in [0.15, 0.2) is 18.5 Å². The summed E-state index contributed by atoms with van der Waals surface area (Å²) >= 11 is 0. The molecular formula is C15H26N4O. The molecule has 0 aliphatic carbocycles. The number of likely N-dealkylation sites (N-methyl/N-ethyl adjacent to an activating group) is 1. The summed E-state index contributed by atoms with van der Waals surface area (Å²) in [5.74, 6) is 0.703. The quantitative estimate of drug-likeness (QED) is 0.887. The summed E-state index contributed by atoms with van der Waals surface area (Å²) in [7, 11) is 0. The SMILES string of the molecule is CCN(CC(C)C)C(=O)C1(n2cccn2)CCNCC1. The van der Waals surface area contributed by atoms with E-state index in [1.807, 2.05) is 21.8 Å². The molecule has 0 bridgehead atoms. The molecule has 1 aliphatic heterocycles.